The van der Waals surface area contributed by atoms with E-state index < -0.39 is 0 Å². The van der Waals surface area contributed by atoms with Gasteiger partial charge >= 0.3 is 0 Å². The van der Waals surface area contributed by atoms with Crippen molar-refractivity contribution in [2.75, 3.05) is 6.54 Å². The lowest BCUT2D eigenvalue weighted by Gasteiger charge is -2.02. The quantitative estimate of drug-likeness (QED) is 0.291. The van der Waals surface area contributed by atoms with Gasteiger partial charge in [0.2, 0.25) is 0 Å². The molecule has 0 unspecified atom stereocenters. The summed E-state index contributed by atoms with van der Waals surface area (Å²) in [4.78, 5) is 11.5. The minimum absolute atomic E-state index is 0.0826. The fourth-order valence-corrected chi connectivity index (χ4v) is 1.07. The van der Waals surface area contributed by atoms with Crippen molar-refractivity contribution in [1.82, 2.24) is 5.32 Å². The topological polar surface area (TPSA) is 101 Å². The van der Waals surface area contributed by atoms with Crippen molar-refractivity contribution >= 4 is 11.7 Å². The SMILES string of the molecule is Cc1occc1C(=O)NCCC(N)=NO. The second kappa shape index (κ2) is 5.04. The van der Waals surface area contributed by atoms with Crippen LogP contribution in [0.1, 0.15) is 22.5 Å². The predicted molar refractivity (Wildman–Crippen MR) is 53.8 cm³/mol. The monoisotopic (exact) mass is 211 g/mol. The minimum atomic E-state index is -0.230. The minimum Gasteiger partial charge on any atom is -0.469 e. The molecule has 1 heterocycles. The summed E-state index contributed by atoms with van der Waals surface area (Å²) in [5.41, 5.74) is 5.73. The smallest absolute Gasteiger partial charge is 0.254 e. The van der Waals surface area contributed by atoms with Crippen LogP contribution in [-0.4, -0.2) is 23.5 Å². The van der Waals surface area contributed by atoms with Crippen LogP contribution in [0.3, 0.4) is 0 Å². The third-order valence-electron chi connectivity index (χ3n) is 1.90. The molecule has 6 nitrogen and oxygen atoms in total. The molecule has 4 N–H and O–H groups in total. The molecule has 0 aromatic carbocycles. The van der Waals surface area contributed by atoms with Crippen molar-refractivity contribution in [2.45, 2.75) is 13.3 Å². The maximum absolute atomic E-state index is 11.5. The lowest BCUT2D eigenvalue weighted by Crippen LogP contribution is -2.28. The summed E-state index contributed by atoms with van der Waals surface area (Å²) < 4.78 is 4.98. The first-order valence-corrected chi connectivity index (χ1v) is 4.44. The van der Waals surface area contributed by atoms with Crippen LogP contribution in [0, 0.1) is 6.92 Å². The number of rotatable bonds is 4. The summed E-state index contributed by atoms with van der Waals surface area (Å²) in [7, 11) is 0. The number of aryl methyl sites for hydroxylation is 1. The molecule has 1 aromatic heterocycles. The highest BCUT2D eigenvalue weighted by Gasteiger charge is 2.10. The van der Waals surface area contributed by atoms with Crippen LogP contribution < -0.4 is 11.1 Å². The number of carbonyl (C=O) groups is 1. The Morgan fingerprint density at radius 1 is 1.73 bits per heavy atom. The molecule has 0 fully saturated rings. The zero-order valence-corrected chi connectivity index (χ0v) is 8.36. The number of hydrogen-bond acceptors (Lipinski definition) is 4. The molecule has 0 saturated carbocycles. The Morgan fingerprint density at radius 3 is 3.00 bits per heavy atom. The Labute approximate surface area is 86.7 Å². The zero-order chi connectivity index (χ0) is 11.3. The Hall–Kier alpha value is -1.98. The number of nitrogens with two attached hydrogens (primary N) is 1. The van der Waals surface area contributed by atoms with Crippen molar-refractivity contribution in [1.29, 1.82) is 0 Å². The number of amidine groups is 1. The molecular weight excluding hydrogens is 198 g/mol. The number of furan rings is 1. The van der Waals surface area contributed by atoms with Crippen LogP contribution in [-0.2, 0) is 0 Å². The highest BCUT2D eigenvalue weighted by Crippen LogP contribution is 2.07. The second-order valence-electron chi connectivity index (χ2n) is 2.99. The van der Waals surface area contributed by atoms with Gasteiger partial charge in [0, 0.05) is 13.0 Å². The van der Waals surface area contributed by atoms with Crippen LogP contribution in [0.5, 0.6) is 0 Å². The van der Waals surface area contributed by atoms with Crippen molar-refractivity contribution in [3.8, 4) is 0 Å². The lowest BCUT2D eigenvalue weighted by atomic mass is 10.2. The first kappa shape index (κ1) is 11.1. The number of nitrogens with one attached hydrogen (secondary N) is 1. The van der Waals surface area contributed by atoms with Crippen molar-refractivity contribution < 1.29 is 14.4 Å². The molecule has 1 rings (SSSR count). The lowest BCUT2D eigenvalue weighted by molar-refractivity contribution is 0.0953. The van der Waals surface area contributed by atoms with Crippen LogP contribution >= 0.6 is 0 Å². The van der Waals surface area contributed by atoms with Gasteiger partial charge < -0.3 is 20.7 Å². The first-order valence-electron chi connectivity index (χ1n) is 4.44. The van der Waals surface area contributed by atoms with E-state index in [9.17, 15) is 4.79 Å². The molecule has 82 valence electrons. The average Bonchev–Trinajstić information content (AvgIpc) is 2.64. The van der Waals surface area contributed by atoms with E-state index in [0.29, 0.717) is 24.3 Å². The number of amides is 1. The molecular formula is C9H13N3O3. The van der Waals surface area contributed by atoms with E-state index in [-0.39, 0.29) is 11.7 Å². The summed E-state index contributed by atoms with van der Waals surface area (Å²) in [6, 6.07) is 1.59. The first-order chi connectivity index (χ1) is 7.15. The third-order valence-corrected chi connectivity index (χ3v) is 1.90. The van der Waals surface area contributed by atoms with Crippen LogP contribution in [0.15, 0.2) is 21.9 Å². The van der Waals surface area contributed by atoms with Crippen LogP contribution in [0.25, 0.3) is 0 Å². The van der Waals surface area contributed by atoms with Gasteiger partial charge in [-0.1, -0.05) is 5.16 Å². The maximum Gasteiger partial charge on any atom is 0.254 e. The van der Waals surface area contributed by atoms with E-state index in [0.717, 1.165) is 0 Å². The van der Waals surface area contributed by atoms with Crippen molar-refractivity contribution in [3.05, 3.63) is 23.7 Å². The fourth-order valence-electron chi connectivity index (χ4n) is 1.07. The van der Waals surface area contributed by atoms with Crippen molar-refractivity contribution in [3.63, 3.8) is 0 Å². The molecule has 6 heteroatoms. The molecule has 0 bridgehead atoms. The van der Waals surface area contributed by atoms with Gasteiger partial charge in [-0.3, -0.25) is 4.79 Å². The molecule has 0 spiro atoms. The molecule has 1 aromatic rings. The highest BCUT2D eigenvalue weighted by atomic mass is 16.4. The molecule has 0 radical (unpaired) electrons. The number of oxime groups is 1. The fraction of sp³-hybridized carbons (Fsp3) is 0.333. The van der Waals surface area contributed by atoms with E-state index in [1.807, 2.05) is 0 Å². The van der Waals surface area contributed by atoms with Gasteiger partial charge in [0.25, 0.3) is 5.91 Å². The Balaban J connectivity index is 2.41. The normalized spacial score (nSPS) is 11.4. The van der Waals surface area contributed by atoms with E-state index >= 15 is 0 Å². The Morgan fingerprint density at radius 2 is 2.47 bits per heavy atom. The summed E-state index contributed by atoms with van der Waals surface area (Å²) in [6.07, 6.45) is 1.76. The summed E-state index contributed by atoms with van der Waals surface area (Å²) in [5, 5.41) is 13.7. The van der Waals surface area contributed by atoms with Crippen LogP contribution in [0.2, 0.25) is 0 Å². The molecule has 0 aliphatic carbocycles. The number of hydrogen-bond donors (Lipinski definition) is 3. The van der Waals surface area contributed by atoms with Crippen LogP contribution in [0.4, 0.5) is 0 Å². The van der Waals surface area contributed by atoms with E-state index in [4.69, 9.17) is 15.4 Å². The average molecular weight is 211 g/mol. The summed E-state index contributed by atoms with van der Waals surface area (Å²) in [6.45, 7) is 2.03. The highest BCUT2D eigenvalue weighted by molar-refractivity contribution is 5.95. The predicted octanol–water partition coefficient (Wildman–Crippen LogP) is 0.454. The molecule has 1 amide bonds. The molecule has 0 aliphatic rings. The van der Waals surface area contributed by atoms with E-state index in [1.165, 1.54) is 6.26 Å². The Bertz CT molecular complexity index is 370. The summed E-state index contributed by atoms with van der Waals surface area (Å²) >= 11 is 0. The maximum atomic E-state index is 11.5. The molecule has 0 aliphatic heterocycles. The largest absolute Gasteiger partial charge is 0.469 e. The Kier molecular flexibility index (Phi) is 3.73. The number of nitrogens with zero attached hydrogens (tertiary/aromatic N) is 1. The molecule has 0 saturated heterocycles. The number of carbonyl (C=O) groups excluding carboxylic acids is 1. The second-order valence-corrected chi connectivity index (χ2v) is 2.99. The molecule has 15 heavy (non-hydrogen) atoms. The standard InChI is InChI=1S/C9H13N3O3/c1-6-7(3-5-15-6)9(13)11-4-2-8(10)12-14/h3,5,14H,2,4H2,1H3,(H2,10,12)(H,11,13). The van der Waals surface area contributed by atoms with E-state index in [2.05, 4.69) is 10.5 Å². The van der Waals surface area contributed by atoms with Gasteiger partial charge in [0.15, 0.2) is 0 Å². The zero-order valence-electron chi connectivity index (χ0n) is 8.36. The summed E-state index contributed by atoms with van der Waals surface area (Å²) in [5.74, 6) is 0.419. The van der Waals surface area contributed by atoms with Crippen molar-refractivity contribution in [2.24, 2.45) is 10.9 Å². The third kappa shape index (κ3) is 3.01. The van der Waals surface area contributed by atoms with Gasteiger partial charge in [0.1, 0.15) is 11.6 Å². The molecule has 0 atom stereocenters. The van der Waals surface area contributed by atoms with Gasteiger partial charge in [-0.25, -0.2) is 0 Å². The van der Waals surface area contributed by atoms with Gasteiger partial charge in [-0.05, 0) is 13.0 Å². The van der Waals surface area contributed by atoms with E-state index in [1.54, 1.807) is 13.0 Å². The van der Waals surface area contributed by atoms with Gasteiger partial charge in [0.05, 0.1) is 11.8 Å². The van der Waals surface area contributed by atoms with Gasteiger partial charge in [-0.15, -0.1) is 0 Å². The van der Waals surface area contributed by atoms with Gasteiger partial charge in [-0.2, -0.15) is 0 Å².